The summed E-state index contributed by atoms with van der Waals surface area (Å²) in [6, 6.07) is 9.30. The van der Waals surface area contributed by atoms with E-state index in [1.54, 1.807) is 5.57 Å². The molecule has 0 saturated carbocycles. The van der Waals surface area contributed by atoms with E-state index in [0.717, 1.165) is 0 Å². The van der Waals surface area contributed by atoms with Crippen LogP contribution in [0.1, 0.15) is 42.9 Å². The molecular formula is C15H21N. The zero-order valence-electron chi connectivity index (χ0n) is 10.3. The Labute approximate surface area is 98.6 Å². The van der Waals surface area contributed by atoms with Gasteiger partial charge in [-0.3, -0.25) is 0 Å². The van der Waals surface area contributed by atoms with Gasteiger partial charge in [0.05, 0.1) is 6.04 Å². The number of rotatable bonds is 3. The Kier molecular flexibility index (Phi) is 3.79. The molecule has 0 aliphatic heterocycles. The number of hydrogen-bond acceptors (Lipinski definition) is 1. The molecule has 1 aliphatic carbocycles. The highest BCUT2D eigenvalue weighted by Gasteiger charge is 2.15. The Morgan fingerprint density at radius 3 is 2.44 bits per heavy atom. The van der Waals surface area contributed by atoms with Gasteiger partial charge in [0.25, 0.3) is 0 Å². The lowest BCUT2D eigenvalue weighted by Crippen LogP contribution is -2.19. The lowest BCUT2D eigenvalue weighted by Gasteiger charge is -2.23. The summed E-state index contributed by atoms with van der Waals surface area (Å²) in [6.07, 6.45) is 7.62. The molecule has 0 amide bonds. The highest BCUT2D eigenvalue weighted by atomic mass is 14.9. The van der Waals surface area contributed by atoms with Crippen LogP contribution in [0.3, 0.4) is 0 Å². The lowest BCUT2D eigenvalue weighted by atomic mass is 9.90. The van der Waals surface area contributed by atoms with Crippen molar-refractivity contribution in [1.29, 1.82) is 0 Å². The smallest absolute Gasteiger partial charge is 0.0533 e. The first-order chi connectivity index (χ1) is 7.81. The predicted molar refractivity (Wildman–Crippen MR) is 69.5 cm³/mol. The average molecular weight is 215 g/mol. The summed E-state index contributed by atoms with van der Waals surface area (Å²) in [4.78, 5) is 0. The lowest BCUT2D eigenvalue weighted by molar-refractivity contribution is 0.593. The van der Waals surface area contributed by atoms with E-state index in [9.17, 15) is 0 Å². The first kappa shape index (κ1) is 11.4. The molecule has 1 aliphatic rings. The van der Waals surface area contributed by atoms with Gasteiger partial charge in [-0.2, -0.15) is 0 Å². The fourth-order valence-electron chi connectivity index (χ4n) is 2.45. The minimum absolute atomic E-state index is 0.418. The van der Waals surface area contributed by atoms with Crippen molar-refractivity contribution in [2.24, 2.45) is 0 Å². The third kappa shape index (κ3) is 2.53. The molecule has 0 radical (unpaired) electrons. The van der Waals surface area contributed by atoms with Crippen molar-refractivity contribution in [3.8, 4) is 0 Å². The molecule has 16 heavy (non-hydrogen) atoms. The molecule has 0 spiro atoms. The van der Waals surface area contributed by atoms with Gasteiger partial charge in [0, 0.05) is 0 Å². The largest absolute Gasteiger partial charge is 0.310 e. The molecular weight excluding hydrogens is 194 g/mol. The molecule has 1 aromatic carbocycles. The topological polar surface area (TPSA) is 12.0 Å². The van der Waals surface area contributed by atoms with Crippen LogP contribution < -0.4 is 5.32 Å². The van der Waals surface area contributed by atoms with Gasteiger partial charge in [-0.1, -0.05) is 41.5 Å². The summed E-state index contributed by atoms with van der Waals surface area (Å²) in [5, 5.41) is 3.44. The third-order valence-corrected chi connectivity index (χ3v) is 3.40. The zero-order chi connectivity index (χ0) is 11.4. The molecule has 1 heteroatoms. The summed E-state index contributed by atoms with van der Waals surface area (Å²) >= 11 is 0. The van der Waals surface area contributed by atoms with Crippen molar-refractivity contribution in [2.45, 2.75) is 38.6 Å². The van der Waals surface area contributed by atoms with E-state index in [2.05, 4.69) is 49.6 Å². The minimum atomic E-state index is 0.418. The number of aryl methyl sites for hydroxylation is 1. The van der Waals surface area contributed by atoms with Gasteiger partial charge < -0.3 is 5.32 Å². The fraction of sp³-hybridized carbons (Fsp3) is 0.467. The second kappa shape index (κ2) is 5.31. The first-order valence-corrected chi connectivity index (χ1v) is 6.24. The molecule has 1 atom stereocenters. The van der Waals surface area contributed by atoms with Crippen LogP contribution in [-0.2, 0) is 0 Å². The third-order valence-electron chi connectivity index (χ3n) is 3.40. The number of allylic oxidation sites excluding steroid dienone is 1. The fourth-order valence-corrected chi connectivity index (χ4v) is 2.45. The van der Waals surface area contributed by atoms with Crippen LogP contribution in [0.5, 0.6) is 0 Å². The highest BCUT2D eigenvalue weighted by Crippen LogP contribution is 2.29. The van der Waals surface area contributed by atoms with Gasteiger partial charge >= 0.3 is 0 Å². The molecule has 1 nitrogen and oxygen atoms in total. The number of likely N-dealkylation sites (N-methyl/N-ethyl adjacent to an activating group) is 1. The Morgan fingerprint density at radius 1 is 1.12 bits per heavy atom. The summed E-state index contributed by atoms with van der Waals surface area (Å²) in [5.41, 5.74) is 4.29. The molecule has 0 fully saturated rings. The molecule has 86 valence electrons. The summed E-state index contributed by atoms with van der Waals surface area (Å²) < 4.78 is 0. The standard InChI is InChI=1S/C15H21N/c1-12-8-10-14(11-9-12)15(16-2)13-6-4-3-5-7-13/h6,8-11,15-16H,3-5,7H2,1-2H3. The Hall–Kier alpha value is -1.08. The van der Waals surface area contributed by atoms with E-state index in [1.807, 2.05) is 0 Å². The minimum Gasteiger partial charge on any atom is -0.310 e. The van der Waals surface area contributed by atoms with E-state index >= 15 is 0 Å². The molecule has 0 saturated heterocycles. The van der Waals surface area contributed by atoms with Crippen LogP contribution in [0, 0.1) is 6.92 Å². The SMILES string of the molecule is CNC(C1=CCCCC1)c1ccc(C)cc1. The van der Waals surface area contributed by atoms with Crippen molar-refractivity contribution in [3.05, 3.63) is 47.0 Å². The quantitative estimate of drug-likeness (QED) is 0.757. The van der Waals surface area contributed by atoms with Crippen LogP contribution >= 0.6 is 0 Å². The summed E-state index contributed by atoms with van der Waals surface area (Å²) in [5.74, 6) is 0. The van der Waals surface area contributed by atoms with Crippen molar-refractivity contribution in [3.63, 3.8) is 0 Å². The van der Waals surface area contributed by atoms with Gasteiger partial charge in [0.1, 0.15) is 0 Å². The second-order valence-electron chi connectivity index (χ2n) is 4.66. The van der Waals surface area contributed by atoms with Crippen molar-refractivity contribution in [2.75, 3.05) is 7.05 Å². The summed E-state index contributed by atoms with van der Waals surface area (Å²) in [7, 11) is 2.06. The molecule has 0 heterocycles. The number of hydrogen-bond donors (Lipinski definition) is 1. The zero-order valence-corrected chi connectivity index (χ0v) is 10.3. The predicted octanol–water partition coefficient (Wildman–Crippen LogP) is 3.76. The maximum atomic E-state index is 3.44. The van der Waals surface area contributed by atoms with E-state index in [-0.39, 0.29) is 0 Å². The van der Waals surface area contributed by atoms with Crippen LogP contribution in [0.25, 0.3) is 0 Å². The Balaban J connectivity index is 2.21. The first-order valence-electron chi connectivity index (χ1n) is 6.24. The molecule has 0 bridgehead atoms. The van der Waals surface area contributed by atoms with Gasteiger partial charge in [0.2, 0.25) is 0 Å². The maximum absolute atomic E-state index is 3.44. The highest BCUT2D eigenvalue weighted by molar-refractivity contribution is 5.31. The maximum Gasteiger partial charge on any atom is 0.0533 e. The molecule has 1 aromatic rings. The monoisotopic (exact) mass is 215 g/mol. The Morgan fingerprint density at radius 2 is 1.88 bits per heavy atom. The molecule has 1 unspecified atom stereocenters. The van der Waals surface area contributed by atoms with E-state index in [0.29, 0.717) is 6.04 Å². The Bertz CT molecular complexity index is 362. The van der Waals surface area contributed by atoms with E-state index in [1.165, 1.54) is 36.8 Å². The van der Waals surface area contributed by atoms with Crippen LogP contribution in [0.15, 0.2) is 35.9 Å². The number of nitrogens with one attached hydrogen (secondary N) is 1. The van der Waals surface area contributed by atoms with E-state index < -0.39 is 0 Å². The normalized spacial score (nSPS) is 18.0. The van der Waals surface area contributed by atoms with Crippen molar-refractivity contribution >= 4 is 0 Å². The van der Waals surface area contributed by atoms with E-state index in [4.69, 9.17) is 0 Å². The van der Waals surface area contributed by atoms with Crippen LogP contribution in [0.4, 0.5) is 0 Å². The molecule has 2 rings (SSSR count). The van der Waals surface area contributed by atoms with Crippen LogP contribution in [0.2, 0.25) is 0 Å². The molecule has 0 aromatic heterocycles. The average Bonchev–Trinajstić information content (AvgIpc) is 2.34. The summed E-state index contributed by atoms with van der Waals surface area (Å²) in [6.45, 7) is 2.14. The molecule has 1 N–H and O–H groups in total. The van der Waals surface area contributed by atoms with Crippen LogP contribution in [-0.4, -0.2) is 7.05 Å². The van der Waals surface area contributed by atoms with Crippen molar-refractivity contribution in [1.82, 2.24) is 5.32 Å². The van der Waals surface area contributed by atoms with Gasteiger partial charge in [0.15, 0.2) is 0 Å². The second-order valence-corrected chi connectivity index (χ2v) is 4.66. The van der Waals surface area contributed by atoms with Gasteiger partial charge in [-0.25, -0.2) is 0 Å². The van der Waals surface area contributed by atoms with Crippen molar-refractivity contribution < 1.29 is 0 Å². The number of benzene rings is 1. The van der Waals surface area contributed by atoms with Gasteiger partial charge in [-0.05, 0) is 45.2 Å². The van der Waals surface area contributed by atoms with Gasteiger partial charge in [-0.15, -0.1) is 0 Å².